The predicted octanol–water partition coefficient (Wildman–Crippen LogP) is 1.85. The van der Waals surface area contributed by atoms with Crippen molar-refractivity contribution in [3.63, 3.8) is 0 Å². The Morgan fingerprint density at radius 1 is 1.10 bits per heavy atom. The molecule has 2 aliphatic carbocycles. The van der Waals surface area contributed by atoms with E-state index in [2.05, 4.69) is 9.71 Å². The summed E-state index contributed by atoms with van der Waals surface area (Å²) in [5.74, 6) is 0.648. The van der Waals surface area contributed by atoms with Crippen LogP contribution in [0, 0.1) is 0 Å². The SMILES string of the molecule is O=S(=O)(NC1CCC(Oc2ccccn2)CC1)C1CC1. The minimum Gasteiger partial charge on any atom is -0.474 e. The van der Waals surface area contributed by atoms with Crippen LogP contribution in [0.25, 0.3) is 0 Å². The number of ether oxygens (including phenoxy) is 1. The highest BCUT2D eigenvalue weighted by molar-refractivity contribution is 7.90. The van der Waals surface area contributed by atoms with Crippen LogP contribution in [-0.2, 0) is 10.0 Å². The maximum absolute atomic E-state index is 11.9. The molecule has 0 unspecified atom stereocenters. The van der Waals surface area contributed by atoms with Crippen molar-refractivity contribution in [2.24, 2.45) is 0 Å². The number of nitrogens with zero attached hydrogens (tertiary/aromatic N) is 1. The van der Waals surface area contributed by atoms with Crippen LogP contribution >= 0.6 is 0 Å². The van der Waals surface area contributed by atoms with Gasteiger partial charge in [0.15, 0.2) is 0 Å². The third-order valence-corrected chi connectivity index (χ3v) is 5.90. The second kappa shape index (κ2) is 5.69. The second-order valence-electron chi connectivity index (χ2n) is 5.62. The third kappa shape index (κ3) is 3.49. The van der Waals surface area contributed by atoms with Crippen LogP contribution in [-0.4, -0.2) is 30.8 Å². The normalized spacial score (nSPS) is 27.2. The van der Waals surface area contributed by atoms with Gasteiger partial charge in [0.05, 0.1) is 5.25 Å². The Hall–Kier alpha value is -1.14. The highest BCUT2D eigenvalue weighted by atomic mass is 32.2. The average Bonchev–Trinajstić information content (AvgIpc) is 3.27. The van der Waals surface area contributed by atoms with Crippen molar-refractivity contribution >= 4 is 10.0 Å². The lowest BCUT2D eigenvalue weighted by atomic mass is 9.94. The number of sulfonamides is 1. The smallest absolute Gasteiger partial charge is 0.214 e. The summed E-state index contributed by atoms with van der Waals surface area (Å²) >= 11 is 0. The number of aromatic nitrogens is 1. The molecule has 0 amide bonds. The zero-order valence-corrected chi connectivity index (χ0v) is 12.2. The summed E-state index contributed by atoms with van der Waals surface area (Å²) in [6, 6.07) is 5.68. The lowest BCUT2D eigenvalue weighted by molar-refractivity contribution is 0.138. The standard InChI is InChI=1S/C14H20N2O3S/c17-20(18,13-8-9-13)16-11-4-6-12(7-5-11)19-14-3-1-2-10-15-14/h1-3,10-13,16H,4-9H2. The quantitative estimate of drug-likeness (QED) is 0.900. The lowest BCUT2D eigenvalue weighted by Crippen LogP contribution is -2.41. The molecule has 6 heteroatoms. The van der Waals surface area contributed by atoms with Crippen molar-refractivity contribution in [2.75, 3.05) is 0 Å². The van der Waals surface area contributed by atoms with E-state index in [9.17, 15) is 8.42 Å². The zero-order valence-electron chi connectivity index (χ0n) is 11.4. The first-order valence-corrected chi connectivity index (χ1v) is 8.77. The Morgan fingerprint density at radius 3 is 2.45 bits per heavy atom. The number of hydrogen-bond donors (Lipinski definition) is 1. The summed E-state index contributed by atoms with van der Waals surface area (Å²) < 4.78 is 32.4. The first-order valence-electron chi connectivity index (χ1n) is 7.22. The molecule has 1 N–H and O–H groups in total. The van der Waals surface area contributed by atoms with Gasteiger partial charge in [-0.15, -0.1) is 0 Å². The molecule has 3 rings (SSSR count). The highest BCUT2D eigenvalue weighted by Gasteiger charge is 2.37. The monoisotopic (exact) mass is 296 g/mol. The van der Waals surface area contributed by atoms with E-state index in [1.165, 1.54) is 0 Å². The molecule has 1 aromatic heterocycles. The molecule has 0 spiro atoms. The Bertz CT molecular complexity index is 535. The van der Waals surface area contributed by atoms with Crippen molar-refractivity contribution < 1.29 is 13.2 Å². The molecular formula is C14H20N2O3S. The van der Waals surface area contributed by atoms with Crippen molar-refractivity contribution in [2.45, 2.75) is 55.9 Å². The largest absolute Gasteiger partial charge is 0.474 e. The highest BCUT2D eigenvalue weighted by Crippen LogP contribution is 2.29. The Balaban J connectivity index is 1.47. The summed E-state index contributed by atoms with van der Waals surface area (Å²) in [5.41, 5.74) is 0. The van der Waals surface area contributed by atoms with Gasteiger partial charge in [0, 0.05) is 18.3 Å². The predicted molar refractivity (Wildman–Crippen MR) is 76.0 cm³/mol. The minimum absolute atomic E-state index is 0.0733. The van der Waals surface area contributed by atoms with Crippen LogP contribution in [0.3, 0.4) is 0 Å². The van der Waals surface area contributed by atoms with Gasteiger partial charge in [-0.05, 0) is 44.6 Å². The molecule has 0 radical (unpaired) electrons. The van der Waals surface area contributed by atoms with Crippen LogP contribution in [0.2, 0.25) is 0 Å². The number of pyridine rings is 1. The van der Waals surface area contributed by atoms with Gasteiger partial charge in [-0.1, -0.05) is 6.07 Å². The Kier molecular flexibility index (Phi) is 3.94. The van der Waals surface area contributed by atoms with Gasteiger partial charge in [0.25, 0.3) is 0 Å². The van der Waals surface area contributed by atoms with Crippen LogP contribution < -0.4 is 9.46 Å². The zero-order chi connectivity index (χ0) is 14.0. The van der Waals surface area contributed by atoms with Gasteiger partial charge in [0.1, 0.15) is 6.10 Å². The van der Waals surface area contributed by atoms with E-state index in [1.54, 1.807) is 6.20 Å². The number of hydrogen-bond acceptors (Lipinski definition) is 4. The summed E-state index contributed by atoms with van der Waals surface area (Å²) in [6.07, 6.45) is 6.90. The lowest BCUT2D eigenvalue weighted by Gasteiger charge is -2.29. The molecule has 2 fully saturated rings. The number of nitrogens with one attached hydrogen (secondary N) is 1. The number of rotatable bonds is 5. The molecule has 2 aliphatic rings. The van der Waals surface area contributed by atoms with Gasteiger partial charge < -0.3 is 4.74 Å². The molecule has 0 aliphatic heterocycles. The van der Waals surface area contributed by atoms with E-state index in [4.69, 9.17) is 4.74 Å². The first kappa shape index (κ1) is 13.8. The van der Waals surface area contributed by atoms with Crippen molar-refractivity contribution in [1.29, 1.82) is 0 Å². The van der Waals surface area contributed by atoms with E-state index < -0.39 is 10.0 Å². The molecule has 0 saturated heterocycles. The fourth-order valence-electron chi connectivity index (χ4n) is 2.59. The molecule has 20 heavy (non-hydrogen) atoms. The summed E-state index contributed by atoms with van der Waals surface area (Å²) in [4.78, 5) is 4.15. The Morgan fingerprint density at radius 2 is 1.85 bits per heavy atom. The Labute approximate surface area is 119 Å². The van der Waals surface area contributed by atoms with E-state index in [-0.39, 0.29) is 17.4 Å². The van der Waals surface area contributed by atoms with E-state index in [0.717, 1.165) is 38.5 Å². The summed E-state index contributed by atoms with van der Waals surface area (Å²) in [6.45, 7) is 0. The third-order valence-electron chi connectivity index (χ3n) is 3.89. The van der Waals surface area contributed by atoms with Crippen LogP contribution in [0.4, 0.5) is 0 Å². The summed E-state index contributed by atoms with van der Waals surface area (Å²) in [7, 11) is -3.07. The van der Waals surface area contributed by atoms with Crippen molar-refractivity contribution in [3.05, 3.63) is 24.4 Å². The maximum atomic E-state index is 11.9. The molecular weight excluding hydrogens is 276 g/mol. The molecule has 5 nitrogen and oxygen atoms in total. The van der Waals surface area contributed by atoms with E-state index in [0.29, 0.717) is 5.88 Å². The van der Waals surface area contributed by atoms with Gasteiger partial charge in [-0.3, -0.25) is 0 Å². The summed E-state index contributed by atoms with van der Waals surface area (Å²) in [5, 5.41) is -0.134. The minimum atomic E-state index is -3.07. The van der Waals surface area contributed by atoms with Gasteiger partial charge in [-0.25, -0.2) is 18.1 Å². The molecule has 0 atom stereocenters. The molecule has 0 aromatic carbocycles. The van der Waals surface area contributed by atoms with E-state index in [1.807, 2.05) is 18.2 Å². The van der Waals surface area contributed by atoms with Gasteiger partial charge in [0.2, 0.25) is 15.9 Å². The molecule has 1 heterocycles. The van der Waals surface area contributed by atoms with Crippen molar-refractivity contribution in [1.82, 2.24) is 9.71 Å². The first-order chi connectivity index (χ1) is 9.63. The second-order valence-corrected chi connectivity index (χ2v) is 7.61. The van der Waals surface area contributed by atoms with Crippen LogP contribution in [0.1, 0.15) is 38.5 Å². The molecule has 1 aromatic rings. The van der Waals surface area contributed by atoms with Gasteiger partial charge >= 0.3 is 0 Å². The van der Waals surface area contributed by atoms with Crippen LogP contribution in [0.15, 0.2) is 24.4 Å². The van der Waals surface area contributed by atoms with Crippen molar-refractivity contribution in [3.8, 4) is 5.88 Å². The molecule has 110 valence electrons. The fraction of sp³-hybridized carbons (Fsp3) is 0.643. The fourth-order valence-corrected chi connectivity index (χ4v) is 4.24. The average molecular weight is 296 g/mol. The maximum Gasteiger partial charge on any atom is 0.214 e. The van der Waals surface area contributed by atoms with Crippen LogP contribution in [0.5, 0.6) is 5.88 Å². The van der Waals surface area contributed by atoms with E-state index >= 15 is 0 Å². The topological polar surface area (TPSA) is 68.3 Å². The van der Waals surface area contributed by atoms with Gasteiger partial charge in [-0.2, -0.15) is 0 Å². The molecule has 0 bridgehead atoms. The molecule has 2 saturated carbocycles.